The van der Waals surface area contributed by atoms with Crippen molar-refractivity contribution in [3.8, 4) is 11.5 Å². The molecule has 0 aromatic heterocycles. The molecule has 1 saturated heterocycles. The Morgan fingerprint density at radius 3 is 2.88 bits per heavy atom. The number of likely N-dealkylation sites (tertiary alicyclic amines) is 1. The highest BCUT2D eigenvalue weighted by Crippen LogP contribution is 2.32. The first kappa shape index (κ1) is 16.9. The quantitative estimate of drug-likeness (QED) is 0.923. The van der Waals surface area contributed by atoms with Gasteiger partial charge in [0, 0.05) is 26.6 Å². The number of fused-ring (bicyclic) bond motifs is 1. The molecular weight excluding hydrogens is 308 g/mol. The Balaban J connectivity index is 1.63. The summed E-state index contributed by atoms with van der Waals surface area (Å²) >= 11 is 0. The first-order valence-electron chi connectivity index (χ1n) is 8.65. The maximum absolute atomic E-state index is 12.5. The smallest absolute Gasteiger partial charge is 0.317 e. The molecule has 3 rings (SSSR count). The number of nitrogens with one attached hydrogen (secondary N) is 1. The van der Waals surface area contributed by atoms with Crippen molar-refractivity contribution in [2.75, 3.05) is 33.4 Å². The van der Waals surface area contributed by atoms with Crippen LogP contribution in [0.1, 0.15) is 37.8 Å². The highest BCUT2D eigenvalue weighted by Gasteiger charge is 2.24. The molecule has 2 aliphatic heterocycles. The molecule has 132 valence electrons. The minimum absolute atomic E-state index is 0.0450. The molecule has 2 heterocycles. The van der Waals surface area contributed by atoms with E-state index in [9.17, 15) is 4.79 Å². The molecule has 1 fully saturated rings. The highest BCUT2D eigenvalue weighted by atomic mass is 16.5. The second kappa shape index (κ2) is 7.75. The average molecular weight is 334 g/mol. The van der Waals surface area contributed by atoms with Gasteiger partial charge in [0.25, 0.3) is 0 Å². The normalized spacial score (nSPS) is 21.8. The third kappa shape index (κ3) is 3.93. The van der Waals surface area contributed by atoms with Gasteiger partial charge in [-0.2, -0.15) is 0 Å². The lowest BCUT2D eigenvalue weighted by Gasteiger charge is -2.32. The van der Waals surface area contributed by atoms with Gasteiger partial charge in [-0.05, 0) is 37.5 Å². The van der Waals surface area contributed by atoms with Gasteiger partial charge < -0.3 is 24.4 Å². The Morgan fingerprint density at radius 2 is 2.08 bits per heavy atom. The van der Waals surface area contributed by atoms with Crippen LogP contribution in [0.5, 0.6) is 11.5 Å². The zero-order valence-corrected chi connectivity index (χ0v) is 14.4. The predicted octanol–water partition coefficient (Wildman–Crippen LogP) is 2.73. The van der Waals surface area contributed by atoms with Crippen LogP contribution in [0.15, 0.2) is 18.2 Å². The van der Waals surface area contributed by atoms with Gasteiger partial charge in [0.2, 0.25) is 0 Å². The monoisotopic (exact) mass is 334 g/mol. The van der Waals surface area contributed by atoms with Crippen molar-refractivity contribution in [1.29, 1.82) is 0 Å². The summed E-state index contributed by atoms with van der Waals surface area (Å²) in [5, 5.41) is 3.07. The van der Waals surface area contributed by atoms with Crippen molar-refractivity contribution in [3.63, 3.8) is 0 Å². The fourth-order valence-corrected chi connectivity index (χ4v) is 3.12. The number of hydrogen-bond donors (Lipinski definition) is 1. The van der Waals surface area contributed by atoms with E-state index >= 15 is 0 Å². The second-order valence-electron chi connectivity index (χ2n) is 6.37. The number of piperidine rings is 1. The highest BCUT2D eigenvalue weighted by molar-refractivity contribution is 5.75. The van der Waals surface area contributed by atoms with E-state index < -0.39 is 0 Å². The molecule has 1 N–H and O–H groups in total. The minimum Gasteiger partial charge on any atom is -0.490 e. The van der Waals surface area contributed by atoms with Gasteiger partial charge in [0.05, 0.1) is 25.4 Å². The number of amides is 2. The van der Waals surface area contributed by atoms with E-state index in [4.69, 9.17) is 14.2 Å². The van der Waals surface area contributed by atoms with Crippen LogP contribution in [-0.4, -0.2) is 50.4 Å². The van der Waals surface area contributed by atoms with Crippen molar-refractivity contribution in [1.82, 2.24) is 10.2 Å². The maximum atomic E-state index is 12.5. The van der Waals surface area contributed by atoms with E-state index in [0.717, 1.165) is 42.9 Å². The standard InChI is InChI=1S/C18H26N2O4/c1-13(19-18(21)20-8-3-5-15(12-20)22-2)14-6-7-16-17(11-14)24-10-4-9-23-16/h6-7,11,13,15H,3-5,8-10,12H2,1-2H3,(H,19,21)/t13-,15-/m1/s1. The topological polar surface area (TPSA) is 60.0 Å². The molecule has 0 unspecified atom stereocenters. The van der Waals surface area contributed by atoms with E-state index in [1.807, 2.05) is 30.0 Å². The van der Waals surface area contributed by atoms with Crippen molar-refractivity contribution in [3.05, 3.63) is 23.8 Å². The Morgan fingerprint density at radius 1 is 1.29 bits per heavy atom. The van der Waals surface area contributed by atoms with Crippen LogP contribution in [0.4, 0.5) is 4.79 Å². The van der Waals surface area contributed by atoms with Crippen molar-refractivity contribution >= 4 is 6.03 Å². The molecule has 6 nitrogen and oxygen atoms in total. The molecule has 2 amide bonds. The van der Waals surface area contributed by atoms with E-state index in [0.29, 0.717) is 19.8 Å². The van der Waals surface area contributed by atoms with Crippen LogP contribution < -0.4 is 14.8 Å². The third-order valence-electron chi connectivity index (χ3n) is 4.61. The first-order chi connectivity index (χ1) is 11.7. The van der Waals surface area contributed by atoms with Crippen LogP contribution in [-0.2, 0) is 4.74 Å². The Kier molecular flexibility index (Phi) is 5.45. The molecule has 0 aliphatic carbocycles. The summed E-state index contributed by atoms with van der Waals surface area (Å²) in [6, 6.07) is 5.71. The molecule has 1 aromatic rings. The van der Waals surface area contributed by atoms with Crippen molar-refractivity contribution < 1.29 is 19.0 Å². The fraction of sp³-hybridized carbons (Fsp3) is 0.611. The van der Waals surface area contributed by atoms with Gasteiger partial charge in [-0.1, -0.05) is 6.07 Å². The molecule has 0 bridgehead atoms. The van der Waals surface area contributed by atoms with Gasteiger partial charge in [-0.25, -0.2) is 4.79 Å². The van der Waals surface area contributed by atoms with E-state index in [1.165, 1.54) is 0 Å². The number of hydrogen-bond acceptors (Lipinski definition) is 4. The summed E-state index contributed by atoms with van der Waals surface area (Å²) in [6.07, 6.45) is 3.01. The molecular formula is C18H26N2O4. The third-order valence-corrected chi connectivity index (χ3v) is 4.61. The fourth-order valence-electron chi connectivity index (χ4n) is 3.12. The number of methoxy groups -OCH3 is 1. The number of rotatable bonds is 3. The van der Waals surface area contributed by atoms with Gasteiger partial charge in [-0.3, -0.25) is 0 Å². The average Bonchev–Trinajstić information content (AvgIpc) is 2.86. The van der Waals surface area contributed by atoms with Gasteiger partial charge in [-0.15, -0.1) is 0 Å². The molecule has 6 heteroatoms. The van der Waals surface area contributed by atoms with Gasteiger partial charge in [0.1, 0.15) is 0 Å². The van der Waals surface area contributed by atoms with Crippen molar-refractivity contribution in [2.45, 2.75) is 38.3 Å². The summed E-state index contributed by atoms with van der Waals surface area (Å²) in [6.45, 7) is 4.74. The Labute approximate surface area is 143 Å². The lowest BCUT2D eigenvalue weighted by Crippen LogP contribution is -2.48. The van der Waals surface area contributed by atoms with Gasteiger partial charge >= 0.3 is 6.03 Å². The summed E-state index contributed by atoms with van der Waals surface area (Å²) in [5.41, 5.74) is 1.01. The van der Waals surface area contributed by atoms with Crippen LogP contribution >= 0.6 is 0 Å². The summed E-state index contributed by atoms with van der Waals surface area (Å²) < 4.78 is 16.8. The summed E-state index contributed by atoms with van der Waals surface area (Å²) in [4.78, 5) is 14.3. The van der Waals surface area contributed by atoms with Crippen LogP contribution in [0.25, 0.3) is 0 Å². The number of carbonyl (C=O) groups excluding carboxylic acids is 1. The van der Waals surface area contributed by atoms with Crippen molar-refractivity contribution in [2.24, 2.45) is 0 Å². The van der Waals surface area contributed by atoms with Crippen LogP contribution in [0.2, 0.25) is 0 Å². The van der Waals surface area contributed by atoms with E-state index in [1.54, 1.807) is 7.11 Å². The molecule has 1 aromatic carbocycles. The lowest BCUT2D eigenvalue weighted by atomic mass is 10.1. The van der Waals surface area contributed by atoms with Crippen LogP contribution in [0, 0.1) is 0 Å². The summed E-state index contributed by atoms with van der Waals surface area (Å²) in [5.74, 6) is 1.53. The molecule has 2 aliphatic rings. The Hall–Kier alpha value is -1.95. The second-order valence-corrected chi connectivity index (χ2v) is 6.37. The molecule has 0 saturated carbocycles. The number of ether oxygens (including phenoxy) is 3. The molecule has 2 atom stereocenters. The minimum atomic E-state index is -0.0995. The van der Waals surface area contributed by atoms with E-state index in [2.05, 4.69) is 5.32 Å². The molecule has 24 heavy (non-hydrogen) atoms. The zero-order chi connectivity index (χ0) is 16.9. The predicted molar refractivity (Wildman–Crippen MR) is 90.6 cm³/mol. The van der Waals surface area contributed by atoms with Crippen LogP contribution in [0.3, 0.4) is 0 Å². The van der Waals surface area contributed by atoms with E-state index in [-0.39, 0.29) is 18.2 Å². The number of carbonyl (C=O) groups is 1. The lowest BCUT2D eigenvalue weighted by molar-refractivity contribution is 0.0431. The number of benzene rings is 1. The Bertz CT molecular complexity index is 578. The molecule has 0 radical (unpaired) electrons. The summed E-state index contributed by atoms with van der Waals surface area (Å²) in [7, 11) is 1.70. The SMILES string of the molecule is CO[C@@H]1CCCN(C(=O)N[C@H](C)c2ccc3c(c2)OCCCO3)C1. The van der Waals surface area contributed by atoms with Gasteiger partial charge in [0.15, 0.2) is 11.5 Å². The zero-order valence-electron chi connectivity index (χ0n) is 14.4. The largest absolute Gasteiger partial charge is 0.490 e. The number of urea groups is 1. The number of nitrogens with zero attached hydrogens (tertiary/aromatic N) is 1. The maximum Gasteiger partial charge on any atom is 0.317 e. The first-order valence-corrected chi connectivity index (χ1v) is 8.65. The molecule has 0 spiro atoms.